The highest BCUT2D eigenvalue weighted by Crippen LogP contribution is 2.15. The van der Waals surface area contributed by atoms with E-state index in [0.29, 0.717) is 29.8 Å². The minimum atomic E-state index is -0.0848. The number of fused-ring (bicyclic) bond motifs is 3. The summed E-state index contributed by atoms with van der Waals surface area (Å²) in [6.07, 6.45) is 4.52. The zero-order valence-corrected chi connectivity index (χ0v) is 19.5. The van der Waals surface area contributed by atoms with E-state index in [-0.39, 0.29) is 11.5 Å². The van der Waals surface area contributed by atoms with Crippen LogP contribution in [0.25, 0.3) is 16.7 Å². The van der Waals surface area contributed by atoms with E-state index in [1.165, 1.54) is 0 Å². The molecule has 0 radical (unpaired) electrons. The highest BCUT2D eigenvalue weighted by molar-refractivity contribution is 5.94. The van der Waals surface area contributed by atoms with Crippen LogP contribution < -0.4 is 10.9 Å². The first-order valence-corrected chi connectivity index (χ1v) is 11.8. The van der Waals surface area contributed by atoms with Gasteiger partial charge in [0.25, 0.3) is 11.5 Å². The molecule has 0 spiro atoms. The molecule has 1 aliphatic rings. The van der Waals surface area contributed by atoms with Crippen molar-refractivity contribution >= 4 is 22.6 Å². The van der Waals surface area contributed by atoms with Gasteiger partial charge in [-0.15, -0.1) is 0 Å². The molecular formula is C26H30N6O2. The third-order valence-electron chi connectivity index (χ3n) is 6.58. The molecule has 0 bridgehead atoms. The lowest BCUT2D eigenvalue weighted by atomic mass is 10.1. The highest BCUT2D eigenvalue weighted by atomic mass is 16.1. The normalized spacial score (nSPS) is 15.2. The van der Waals surface area contributed by atoms with Crippen molar-refractivity contribution in [3.63, 3.8) is 0 Å². The van der Waals surface area contributed by atoms with Gasteiger partial charge >= 0.3 is 0 Å². The van der Waals surface area contributed by atoms with Crippen molar-refractivity contribution in [1.82, 2.24) is 29.1 Å². The maximum Gasteiger partial charge on any atom is 0.276 e. The third kappa shape index (κ3) is 4.60. The Labute approximate surface area is 198 Å². The molecule has 8 nitrogen and oxygen atoms in total. The molecule has 8 heteroatoms. The van der Waals surface area contributed by atoms with Crippen molar-refractivity contribution in [3.8, 4) is 0 Å². The van der Waals surface area contributed by atoms with Crippen LogP contribution in [0.15, 0.2) is 65.7 Å². The van der Waals surface area contributed by atoms with Crippen molar-refractivity contribution in [1.29, 1.82) is 0 Å². The van der Waals surface area contributed by atoms with Crippen LogP contribution in [0, 0.1) is 0 Å². The summed E-state index contributed by atoms with van der Waals surface area (Å²) in [6, 6.07) is 15.0. The molecule has 0 unspecified atom stereocenters. The van der Waals surface area contributed by atoms with Gasteiger partial charge in [-0.1, -0.05) is 12.1 Å². The van der Waals surface area contributed by atoms with Gasteiger partial charge in [0.15, 0.2) is 5.65 Å². The van der Waals surface area contributed by atoms with Crippen LogP contribution in [0.1, 0.15) is 22.3 Å². The molecule has 3 aromatic heterocycles. The van der Waals surface area contributed by atoms with Gasteiger partial charge in [0.05, 0.1) is 12.1 Å². The number of carbonyl (C=O) groups excluding carboxylic acids is 1. The van der Waals surface area contributed by atoms with Crippen molar-refractivity contribution in [2.24, 2.45) is 0 Å². The first-order chi connectivity index (χ1) is 16.6. The zero-order valence-electron chi connectivity index (χ0n) is 19.5. The Kier molecular flexibility index (Phi) is 6.42. The topological polar surface area (TPSA) is 74.9 Å². The molecule has 1 amide bonds. The van der Waals surface area contributed by atoms with Crippen LogP contribution >= 0.6 is 0 Å². The first kappa shape index (κ1) is 22.3. The lowest BCUT2D eigenvalue weighted by molar-refractivity contribution is 0.0949. The molecule has 1 aliphatic heterocycles. The van der Waals surface area contributed by atoms with E-state index < -0.39 is 0 Å². The van der Waals surface area contributed by atoms with E-state index in [9.17, 15) is 9.59 Å². The van der Waals surface area contributed by atoms with Gasteiger partial charge in [-0.2, -0.15) is 0 Å². The monoisotopic (exact) mass is 458 g/mol. The number of hydrogen-bond donors (Lipinski definition) is 1. The van der Waals surface area contributed by atoms with E-state index in [2.05, 4.69) is 27.1 Å². The molecule has 4 aromatic rings. The van der Waals surface area contributed by atoms with E-state index in [1.54, 1.807) is 10.8 Å². The van der Waals surface area contributed by atoms with Crippen LogP contribution in [0.3, 0.4) is 0 Å². The van der Waals surface area contributed by atoms with Crippen LogP contribution in [0.2, 0.25) is 0 Å². The maximum atomic E-state index is 13.1. The van der Waals surface area contributed by atoms with Gasteiger partial charge < -0.3 is 19.5 Å². The molecule has 0 atom stereocenters. The molecule has 34 heavy (non-hydrogen) atoms. The molecule has 0 aliphatic carbocycles. The SMILES string of the molecule is CN1CCN(CCCNC(=O)c2ccc(Cn3c(=O)c4cccn4c4cccnc43)cc2)CC1. The Hall–Kier alpha value is -3.49. The predicted molar refractivity (Wildman–Crippen MR) is 133 cm³/mol. The summed E-state index contributed by atoms with van der Waals surface area (Å²) < 4.78 is 3.57. The standard InChI is InChI=1S/C26H30N6O2/c1-29-15-17-30(18-16-29)13-4-12-28-25(33)21-9-7-20(8-10-21)19-32-24-22(5-2-11-27-24)31-14-3-6-23(31)26(32)34/h2-3,5-11,14H,4,12-13,15-19H2,1H3,(H,28,33). The predicted octanol–water partition coefficient (Wildman–Crippen LogP) is 2.06. The van der Waals surface area contributed by atoms with Gasteiger partial charge in [-0.05, 0) is 62.0 Å². The molecule has 0 saturated carbocycles. The Morgan fingerprint density at radius 3 is 2.56 bits per heavy atom. The minimum Gasteiger partial charge on any atom is -0.352 e. The highest BCUT2D eigenvalue weighted by Gasteiger charge is 2.14. The molecular weight excluding hydrogens is 428 g/mol. The average molecular weight is 459 g/mol. The van der Waals surface area contributed by atoms with E-state index >= 15 is 0 Å². The second-order valence-corrected chi connectivity index (χ2v) is 8.95. The molecule has 5 rings (SSSR count). The summed E-state index contributed by atoms with van der Waals surface area (Å²) in [4.78, 5) is 34.9. The second kappa shape index (κ2) is 9.79. The smallest absolute Gasteiger partial charge is 0.276 e. The molecule has 1 fully saturated rings. The number of likely N-dealkylation sites (N-methyl/N-ethyl adjacent to an activating group) is 1. The number of nitrogens with zero attached hydrogens (tertiary/aromatic N) is 5. The largest absolute Gasteiger partial charge is 0.352 e. The van der Waals surface area contributed by atoms with E-state index in [1.807, 2.05) is 59.1 Å². The summed E-state index contributed by atoms with van der Waals surface area (Å²) in [5.41, 5.74) is 3.62. The van der Waals surface area contributed by atoms with Gasteiger partial charge in [0.1, 0.15) is 5.52 Å². The summed E-state index contributed by atoms with van der Waals surface area (Å²) in [5.74, 6) is -0.0659. The summed E-state index contributed by atoms with van der Waals surface area (Å²) in [7, 11) is 2.15. The lowest BCUT2D eigenvalue weighted by Crippen LogP contribution is -2.45. The number of rotatable bonds is 7. The van der Waals surface area contributed by atoms with Crippen molar-refractivity contribution in [2.75, 3.05) is 46.3 Å². The maximum absolute atomic E-state index is 13.1. The lowest BCUT2D eigenvalue weighted by Gasteiger charge is -2.32. The zero-order chi connectivity index (χ0) is 23.5. The number of hydrogen-bond acceptors (Lipinski definition) is 5. The second-order valence-electron chi connectivity index (χ2n) is 8.95. The molecule has 176 valence electrons. The average Bonchev–Trinajstić information content (AvgIpc) is 3.36. The van der Waals surface area contributed by atoms with Crippen LogP contribution in [-0.4, -0.2) is 76.0 Å². The Morgan fingerprint density at radius 1 is 1.00 bits per heavy atom. The molecule has 1 aromatic carbocycles. The van der Waals surface area contributed by atoms with E-state index in [4.69, 9.17) is 0 Å². The van der Waals surface area contributed by atoms with Crippen LogP contribution in [0.4, 0.5) is 0 Å². The van der Waals surface area contributed by atoms with E-state index in [0.717, 1.165) is 50.2 Å². The number of pyridine rings is 1. The summed E-state index contributed by atoms with van der Waals surface area (Å²) >= 11 is 0. The van der Waals surface area contributed by atoms with Gasteiger partial charge in [0, 0.05) is 50.7 Å². The molecule has 4 heterocycles. The quantitative estimate of drug-likeness (QED) is 0.429. The molecule has 1 saturated heterocycles. The number of nitrogens with one attached hydrogen (secondary N) is 1. The number of amides is 1. The fourth-order valence-electron chi connectivity index (χ4n) is 4.55. The number of aromatic nitrogens is 3. The van der Waals surface area contributed by atoms with Crippen LogP contribution in [0.5, 0.6) is 0 Å². The Bertz CT molecular complexity index is 1350. The first-order valence-electron chi connectivity index (χ1n) is 11.8. The van der Waals surface area contributed by atoms with Gasteiger partial charge in [-0.25, -0.2) is 4.98 Å². The van der Waals surface area contributed by atoms with Gasteiger partial charge in [0.2, 0.25) is 0 Å². The van der Waals surface area contributed by atoms with Crippen molar-refractivity contribution in [3.05, 3.63) is 82.4 Å². The summed E-state index contributed by atoms with van der Waals surface area (Å²) in [6.45, 7) is 6.47. The van der Waals surface area contributed by atoms with Crippen LogP contribution in [-0.2, 0) is 6.54 Å². The minimum absolute atomic E-state index is 0.0659. The third-order valence-corrected chi connectivity index (χ3v) is 6.58. The number of piperazine rings is 1. The van der Waals surface area contributed by atoms with Crippen molar-refractivity contribution in [2.45, 2.75) is 13.0 Å². The fraction of sp³-hybridized carbons (Fsp3) is 0.346. The fourth-order valence-corrected chi connectivity index (χ4v) is 4.55. The van der Waals surface area contributed by atoms with Gasteiger partial charge in [-0.3, -0.25) is 14.2 Å². The summed E-state index contributed by atoms with van der Waals surface area (Å²) in [5, 5.41) is 3.02. The number of benzene rings is 1. The van der Waals surface area contributed by atoms with Crippen molar-refractivity contribution < 1.29 is 4.79 Å². The Morgan fingerprint density at radius 2 is 1.76 bits per heavy atom. The Balaban J connectivity index is 1.22. The molecule has 1 N–H and O–H groups in total. The number of carbonyl (C=O) groups is 1.